The first-order chi connectivity index (χ1) is 12.8. The second-order valence-corrected chi connectivity index (χ2v) is 7.13. The molecule has 1 fully saturated rings. The van der Waals surface area contributed by atoms with Crippen LogP contribution in [0.15, 0.2) is 11.4 Å². The van der Waals surface area contributed by atoms with Gasteiger partial charge in [-0.2, -0.15) is 18.6 Å². The molecule has 0 radical (unpaired) electrons. The molecule has 0 aromatic carbocycles. The zero-order valence-corrected chi connectivity index (χ0v) is 15.3. The Balaban J connectivity index is 2.06. The largest absolute Gasteiger partial charge is 0.418 e. The second kappa shape index (κ2) is 7.30. The minimum atomic E-state index is -4.90. The molecule has 27 heavy (non-hydrogen) atoms. The van der Waals surface area contributed by atoms with Crippen LogP contribution >= 0.6 is 0 Å². The summed E-state index contributed by atoms with van der Waals surface area (Å²) in [5.41, 5.74) is 6.63. The Kier molecular flexibility index (Phi) is 5.23. The summed E-state index contributed by atoms with van der Waals surface area (Å²) in [6.45, 7) is 1.11. The lowest BCUT2D eigenvalue weighted by molar-refractivity contribution is -0.0316. The Morgan fingerprint density at radius 3 is 2.85 bits per heavy atom. The number of urea groups is 1. The molecule has 1 aromatic rings. The van der Waals surface area contributed by atoms with Crippen molar-refractivity contribution in [1.29, 1.82) is 0 Å². The van der Waals surface area contributed by atoms with Gasteiger partial charge in [0.2, 0.25) is 0 Å². The van der Waals surface area contributed by atoms with E-state index in [0.29, 0.717) is 29.4 Å². The van der Waals surface area contributed by atoms with Gasteiger partial charge in [-0.15, -0.1) is 4.28 Å². The van der Waals surface area contributed by atoms with Crippen molar-refractivity contribution in [2.24, 2.45) is 10.9 Å². The molecule has 13 nitrogen and oxygen atoms in total. The van der Waals surface area contributed by atoms with Crippen molar-refractivity contribution < 1.29 is 27.3 Å². The summed E-state index contributed by atoms with van der Waals surface area (Å²) < 4.78 is 37.5. The summed E-state index contributed by atoms with van der Waals surface area (Å²) in [5, 5.41) is 20.2. The van der Waals surface area contributed by atoms with Crippen LogP contribution in [0.25, 0.3) is 0 Å². The van der Waals surface area contributed by atoms with Crippen molar-refractivity contribution in [2.75, 3.05) is 20.1 Å². The van der Waals surface area contributed by atoms with E-state index in [4.69, 9.17) is 10.3 Å². The van der Waals surface area contributed by atoms with Crippen molar-refractivity contribution in [3.63, 3.8) is 0 Å². The Labute approximate surface area is 155 Å². The highest BCUT2D eigenvalue weighted by Gasteiger charge is 2.53. The minimum Gasteiger partial charge on any atom is -0.409 e. The fourth-order valence-corrected chi connectivity index (χ4v) is 3.81. The van der Waals surface area contributed by atoms with Crippen LogP contribution in [0.4, 0.5) is 4.79 Å². The van der Waals surface area contributed by atoms with Crippen LogP contribution in [0.2, 0.25) is 0 Å². The van der Waals surface area contributed by atoms with Crippen molar-refractivity contribution in [2.45, 2.75) is 31.5 Å². The third-order valence-corrected chi connectivity index (χ3v) is 4.90. The number of unbranched alkanes of at least 4 members (excludes halogenated alkanes) is 1. The molecule has 0 saturated carbocycles. The molecule has 0 spiro atoms. The molecule has 2 atom stereocenters. The van der Waals surface area contributed by atoms with Gasteiger partial charge in [-0.1, -0.05) is 5.16 Å². The van der Waals surface area contributed by atoms with Gasteiger partial charge in [-0.25, -0.2) is 4.79 Å². The van der Waals surface area contributed by atoms with Crippen molar-refractivity contribution >= 4 is 22.3 Å². The predicted octanol–water partition coefficient (Wildman–Crippen LogP) is -0.803. The van der Waals surface area contributed by atoms with Gasteiger partial charge in [0.05, 0.1) is 18.4 Å². The Morgan fingerprint density at radius 2 is 2.26 bits per heavy atom. The molecular weight excluding hydrogens is 382 g/mol. The van der Waals surface area contributed by atoms with Crippen LogP contribution in [0.3, 0.4) is 0 Å². The number of hydroxylamine groups is 2. The van der Waals surface area contributed by atoms with Crippen molar-refractivity contribution in [1.82, 2.24) is 25.1 Å². The van der Waals surface area contributed by atoms with Gasteiger partial charge >= 0.3 is 16.4 Å². The number of likely N-dealkylation sites (N-methyl/N-ethyl adjacent to an activating group) is 1. The molecule has 2 amide bonds. The summed E-state index contributed by atoms with van der Waals surface area (Å²) in [6.07, 6.45) is 3.03. The Morgan fingerprint density at radius 1 is 1.52 bits per heavy atom. The van der Waals surface area contributed by atoms with Crippen LogP contribution in [0, 0.1) is 0 Å². The molecule has 2 aliphatic rings. The van der Waals surface area contributed by atoms with Gasteiger partial charge in [-0.3, -0.25) is 9.23 Å². The second-order valence-electron chi connectivity index (χ2n) is 6.12. The molecule has 1 saturated heterocycles. The average Bonchev–Trinajstić information content (AvgIpc) is 3.14. The van der Waals surface area contributed by atoms with Gasteiger partial charge in [0.15, 0.2) is 5.84 Å². The van der Waals surface area contributed by atoms with E-state index < -0.39 is 28.5 Å². The van der Waals surface area contributed by atoms with Gasteiger partial charge in [0.1, 0.15) is 12.1 Å². The number of nitrogens with one attached hydrogen (secondary N) is 1. The molecule has 5 N–H and O–H groups in total. The number of nitrogens with zero attached hydrogens (tertiary/aromatic N) is 5. The number of carbonyl (C=O) groups excluding carboxylic acids is 1. The monoisotopic (exact) mass is 403 g/mol. The number of aromatic nitrogens is 2. The molecule has 14 heteroatoms. The molecule has 2 unspecified atom stereocenters. The van der Waals surface area contributed by atoms with E-state index >= 15 is 0 Å². The minimum absolute atomic E-state index is 0.0706. The molecular formula is C13H21N7O6S. The third kappa shape index (κ3) is 3.43. The summed E-state index contributed by atoms with van der Waals surface area (Å²) in [4.78, 5) is 14.0. The SMILES string of the molecule is CN/C(=N\O)C1c2c(cnn2CCCCN)C2CN1C(=O)N2OS(=O)(=O)O. The average molecular weight is 403 g/mol. The zero-order chi connectivity index (χ0) is 19.8. The van der Waals surface area contributed by atoms with Gasteiger partial charge < -0.3 is 21.2 Å². The molecule has 3 heterocycles. The topological polar surface area (TPSA) is 176 Å². The normalized spacial score (nSPS) is 22.3. The number of nitrogens with two attached hydrogens (primary N) is 1. The van der Waals surface area contributed by atoms with E-state index in [0.717, 1.165) is 12.8 Å². The van der Waals surface area contributed by atoms with Crippen LogP contribution in [0.5, 0.6) is 0 Å². The van der Waals surface area contributed by atoms with E-state index in [1.807, 2.05) is 0 Å². The lowest BCUT2D eigenvalue weighted by Gasteiger charge is -2.31. The molecule has 3 rings (SSSR count). The number of oxime groups is 1. The number of amides is 2. The lowest BCUT2D eigenvalue weighted by atomic mass is 9.97. The van der Waals surface area contributed by atoms with Crippen LogP contribution in [-0.2, 0) is 21.2 Å². The molecule has 1 aromatic heterocycles. The molecule has 150 valence electrons. The number of hydrogen-bond donors (Lipinski definition) is 4. The molecule has 2 aliphatic heterocycles. The van der Waals surface area contributed by atoms with Crippen LogP contribution in [0.1, 0.15) is 36.2 Å². The van der Waals surface area contributed by atoms with Crippen LogP contribution in [-0.4, -0.2) is 69.9 Å². The van der Waals surface area contributed by atoms with E-state index in [-0.39, 0.29) is 12.4 Å². The van der Waals surface area contributed by atoms with E-state index in [2.05, 4.69) is 19.9 Å². The van der Waals surface area contributed by atoms with Gasteiger partial charge in [0, 0.05) is 19.2 Å². The third-order valence-electron chi connectivity index (χ3n) is 4.55. The smallest absolute Gasteiger partial charge is 0.409 e. The Bertz CT molecular complexity index is 853. The first-order valence-electron chi connectivity index (χ1n) is 8.24. The fraction of sp³-hybridized carbons (Fsp3) is 0.615. The maximum absolute atomic E-state index is 12.7. The summed E-state index contributed by atoms with van der Waals surface area (Å²) in [7, 11) is -3.37. The van der Waals surface area contributed by atoms with Gasteiger partial charge in [-0.05, 0) is 19.4 Å². The molecule has 0 aliphatic carbocycles. The lowest BCUT2D eigenvalue weighted by Crippen LogP contribution is -2.43. The van der Waals surface area contributed by atoms with Crippen molar-refractivity contribution in [3.05, 3.63) is 17.5 Å². The first kappa shape index (κ1) is 19.3. The van der Waals surface area contributed by atoms with Gasteiger partial charge in [0.25, 0.3) is 0 Å². The predicted molar refractivity (Wildman–Crippen MR) is 90.9 cm³/mol. The van der Waals surface area contributed by atoms with E-state index in [1.165, 1.54) is 18.1 Å². The maximum atomic E-state index is 12.7. The van der Waals surface area contributed by atoms with E-state index in [1.54, 1.807) is 4.68 Å². The maximum Gasteiger partial charge on any atom is 0.418 e. The number of hydrogen-bond acceptors (Lipinski definition) is 8. The molecule has 2 bridgehead atoms. The first-order valence-corrected chi connectivity index (χ1v) is 9.61. The number of carbonyl (C=O) groups is 1. The number of amidine groups is 1. The number of rotatable bonds is 7. The highest BCUT2D eigenvalue weighted by atomic mass is 32.3. The standard InChI is InChI=1S/C13H21N7O6S/c1-15-12(17-22)11-10-8(6-16-19(10)5-3-2-4-14)9-7-18(11)13(21)20(9)26-27(23,24)25/h6,9,11,22H,2-5,7,14H2,1H3,(H,15,17)(H,23,24,25). The van der Waals surface area contributed by atoms with Crippen LogP contribution < -0.4 is 11.1 Å². The number of fused-ring (bicyclic) bond motifs is 4. The zero-order valence-electron chi connectivity index (χ0n) is 14.5. The highest BCUT2D eigenvalue weighted by Crippen LogP contribution is 2.44. The number of aryl methyl sites for hydroxylation is 1. The van der Waals surface area contributed by atoms with Crippen molar-refractivity contribution in [3.8, 4) is 0 Å². The summed E-state index contributed by atoms with van der Waals surface area (Å²) >= 11 is 0. The quantitative estimate of drug-likeness (QED) is 0.113. The van der Waals surface area contributed by atoms with E-state index in [9.17, 15) is 18.4 Å². The highest BCUT2D eigenvalue weighted by molar-refractivity contribution is 7.80. The summed E-state index contributed by atoms with van der Waals surface area (Å²) in [5.74, 6) is 0.0809. The fourth-order valence-electron chi connectivity index (χ4n) is 3.44. The Hall–Kier alpha value is -2.42. The summed E-state index contributed by atoms with van der Waals surface area (Å²) in [6, 6.07) is -2.40.